The molecule has 2 aromatic rings. The molecule has 7 nitrogen and oxygen atoms in total. The van der Waals surface area contributed by atoms with Crippen molar-refractivity contribution in [1.29, 1.82) is 0 Å². The number of morpholine rings is 1. The van der Waals surface area contributed by atoms with Gasteiger partial charge in [0.25, 0.3) is 0 Å². The Morgan fingerprint density at radius 1 is 1.07 bits per heavy atom. The predicted octanol–water partition coefficient (Wildman–Crippen LogP) is 2.33. The van der Waals surface area contributed by atoms with Crippen LogP contribution in [-0.4, -0.2) is 57.4 Å². The monoisotopic (exact) mass is 439 g/mol. The molecule has 0 atom stereocenters. The Bertz CT molecular complexity index is 1080. The van der Waals surface area contributed by atoms with Crippen molar-refractivity contribution in [3.05, 3.63) is 64.7 Å². The fourth-order valence-corrected chi connectivity index (χ4v) is 4.35. The number of aryl methyl sites for hydroxylation is 1. The summed E-state index contributed by atoms with van der Waals surface area (Å²) in [6.07, 6.45) is 0. The van der Waals surface area contributed by atoms with E-state index >= 15 is 0 Å². The number of hydrogen-bond acceptors (Lipinski definition) is 6. The molecule has 0 radical (unpaired) electrons. The number of hydrogen-bond donors (Lipinski definition) is 0. The standard InChI is InChI=1S/C20H19F2NO6S/c1-13-2-4-15(30(26,27)23-6-8-28-9-7-23)11-16(13)20(25)29-12-19(24)17-10-14(21)3-5-18(17)22/h2-5,10-11H,6-9,12H2,1H3. The van der Waals surface area contributed by atoms with E-state index in [1.807, 2.05) is 0 Å². The zero-order valence-corrected chi connectivity index (χ0v) is 16.9. The average molecular weight is 439 g/mol. The van der Waals surface area contributed by atoms with Crippen LogP contribution in [0.2, 0.25) is 0 Å². The molecule has 30 heavy (non-hydrogen) atoms. The van der Waals surface area contributed by atoms with Crippen LogP contribution in [0, 0.1) is 18.6 Å². The lowest BCUT2D eigenvalue weighted by atomic mass is 10.1. The van der Waals surface area contributed by atoms with Crippen LogP contribution in [0.5, 0.6) is 0 Å². The van der Waals surface area contributed by atoms with Gasteiger partial charge in [-0.2, -0.15) is 4.31 Å². The molecule has 1 saturated heterocycles. The van der Waals surface area contributed by atoms with Crippen LogP contribution in [0.15, 0.2) is 41.3 Å². The Labute approximate surface area is 172 Å². The maximum absolute atomic E-state index is 13.7. The van der Waals surface area contributed by atoms with Crippen molar-refractivity contribution in [1.82, 2.24) is 4.31 Å². The van der Waals surface area contributed by atoms with Gasteiger partial charge in [0.15, 0.2) is 6.61 Å². The second-order valence-electron chi connectivity index (χ2n) is 6.62. The Hall–Kier alpha value is -2.69. The number of nitrogens with zero attached hydrogens (tertiary/aromatic N) is 1. The van der Waals surface area contributed by atoms with Crippen molar-refractivity contribution in [2.45, 2.75) is 11.8 Å². The molecule has 1 heterocycles. The number of halogens is 2. The molecule has 0 amide bonds. The van der Waals surface area contributed by atoms with Crippen LogP contribution in [-0.2, 0) is 19.5 Å². The van der Waals surface area contributed by atoms with E-state index in [1.54, 1.807) is 6.92 Å². The maximum Gasteiger partial charge on any atom is 0.338 e. The molecule has 0 aliphatic carbocycles. The fourth-order valence-electron chi connectivity index (χ4n) is 2.92. The van der Waals surface area contributed by atoms with Gasteiger partial charge < -0.3 is 9.47 Å². The van der Waals surface area contributed by atoms with E-state index in [-0.39, 0.29) is 36.8 Å². The van der Waals surface area contributed by atoms with E-state index < -0.39 is 45.6 Å². The zero-order valence-electron chi connectivity index (χ0n) is 16.1. The van der Waals surface area contributed by atoms with Crippen molar-refractivity contribution in [2.75, 3.05) is 32.9 Å². The molecule has 0 aromatic heterocycles. The Morgan fingerprint density at radius 3 is 2.47 bits per heavy atom. The van der Waals surface area contributed by atoms with Crippen molar-refractivity contribution in [3.63, 3.8) is 0 Å². The van der Waals surface area contributed by atoms with Gasteiger partial charge in [-0.1, -0.05) is 6.07 Å². The van der Waals surface area contributed by atoms with Gasteiger partial charge in [0.05, 0.1) is 29.2 Å². The highest BCUT2D eigenvalue weighted by molar-refractivity contribution is 7.89. The molecule has 3 rings (SSSR count). The Kier molecular flexibility index (Phi) is 6.59. The number of ketones is 1. The molecule has 1 aliphatic heterocycles. The summed E-state index contributed by atoms with van der Waals surface area (Å²) in [7, 11) is -3.83. The number of ether oxygens (including phenoxy) is 2. The van der Waals surface area contributed by atoms with Gasteiger partial charge in [-0.05, 0) is 42.8 Å². The van der Waals surface area contributed by atoms with Gasteiger partial charge in [0.1, 0.15) is 11.6 Å². The molecular weight excluding hydrogens is 420 g/mol. The topological polar surface area (TPSA) is 90.0 Å². The van der Waals surface area contributed by atoms with Crippen molar-refractivity contribution >= 4 is 21.8 Å². The molecule has 160 valence electrons. The number of carbonyl (C=O) groups is 2. The van der Waals surface area contributed by atoms with Crippen LogP contribution in [0.3, 0.4) is 0 Å². The smallest absolute Gasteiger partial charge is 0.338 e. The third kappa shape index (κ3) is 4.72. The number of rotatable bonds is 6. The number of sulfonamides is 1. The fraction of sp³-hybridized carbons (Fsp3) is 0.300. The van der Waals surface area contributed by atoms with Gasteiger partial charge in [0.2, 0.25) is 15.8 Å². The van der Waals surface area contributed by atoms with Crippen molar-refractivity contribution in [3.8, 4) is 0 Å². The van der Waals surface area contributed by atoms with E-state index in [9.17, 15) is 26.8 Å². The summed E-state index contributed by atoms with van der Waals surface area (Å²) in [5, 5.41) is 0. The first-order valence-electron chi connectivity index (χ1n) is 9.04. The Balaban J connectivity index is 1.77. The molecule has 0 bridgehead atoms. The van der Waals surface area contributed by atoms with Crippen LogP contribution < -0.4 is 0 Å². The molecule has 10 heteroatoms. The first-order chi connectivity index (χ1) is 14.2. The van der Waals surface area contributed by atoms with E-state index in [2.05, 4.69) is 0 Å². The quantitative estimate of drug-likeness (QED) is 0.507. The third-order valence-corrected chi connectivity index (χ3v) is 6.49. The average Bonchev–Trinajstić information content (AvgIpc) is 2.74. The first kappa shape index (κ1) is 22.0. The summed E-state index contributed by atoms with van der Waals surface area (Å²) in [4.78, 5) is 24.4. The molecule has 1 fully saturated rings. The maximum atomic E-state index is 13.7. The Morgan fingerprint density at radius 2 is 1.77 bits per heavy atom. The van der Waals surface area contributed by atoms with Gasteiger partial charge in [-0.15, -0.1) is 0 Å². The normalized spacial score (nSPS) is 15.0. The summed E-state index contributed by atoms with van der Waals surface area (Å²) < 4.78 is 63.8. The number of carbonyl (C=O) groups excluding carboxylic acids is 2. The lowest BCUT2D eigenvalue weighted by molar-refractivity contribution is 0.0472. The summed E-state index contributed by atoms with van der Waals surface area (Å²) in [6.45, 7) is 1.71. The van der Waals surface area contributed by atoms with Gasteiger partial charge in [0, 0.05) is 13.1 Å². The van der Waals surface area contributed by atoms with E-state index in [4.69, 9.17) is 9.47 Å². The van der Waals surface area contributed by atoms with E-state index in [0.29, 0.717) is 11.6 Å². The number of esters is 1. The van der Waals surface area contributed by atoms with Crippen LogP contribution in [0.25, 0.3) is 0 Å². The molecule has 0 saturated carbocycles. The van der Waals surface area contributed by atoms with Gasteiger partial charge in [-0.25, -0.2) is 22.0 Å². The minimum Gasteiger partial charge on any atom is -0.454 e. The summed E-state index contributed by atoms with van der Waals surface area (Å²) >= 11 is 0. The van der Waals surface area contributed by atoms with Crippen molar-refractivity contribution < 1.29 is 36.3 Å². The van der Waals surface area contributed by atoms with E-state index in [0.717, 1.165) is 12.1 Å². The second kappa shape index (κ2) is 8.99. The molecule has 1 aliphatic rings. The number of benzene rings is 2. The SMILES string of the molecule is Cc1ccc(S(=O)(=O)N2CCOCC2)cc1C(=O)OCC(=O)c1cc(F)ccc1F. The predicted molar refractivity (Wildman–Crippen MR) is 102 cm³/mol. The zero-order chi connectivity index (χ0) is 21.9. The highest BCUT2D eigenvalue weighted by atomic mass is 32.2. The third-order valence-electron chi connectivity index (χ3n) is 4.60. The molecule has 0 N–H and O–H groups in total. The van der Waals surface area contributed by atoms with Gasteiger partial charge in [-0.3, -0.25) is 4.79 Å². The molecule has 2 aromatic carbocycles. The largest absolute Gasteiger partial charge is 0.454 e. The molecular formula is C20H19F2NO6S. The molecule has 0 unspecified atom stereocenters. The van der Waals surface area contributed by atoms with E-state index in [1.165, 1.54) is 22.5 Å². The van der Waals surface area contributed by atoms with Gasteiger partial charge >= 0.3 is 5.97 Å². The van der Waals surface area contributed by atoms with Crippen LogP contribution in [0.4, 0.5) is 8.78 Å². The van der Waals surface area contributed by atoms with Crippen LogP contribution in [0.1, 0.15) is 26.3 Å². The van der Waals surface area contributed by atoms with Crippen molar-refractivity contribution in [2.24, 2.45) is 0 Å². The highest BCUT2D eigenvalue weighted by Crippen LogP contribution is 2.21. The first-order valence-corrected chi connectivity index (χ1v) is 10.5. The lowest BCUT2D eigenvalue weighted by Gasteiger charge is -2.26. The lowest BCUT2D eigenvalue weighted by Crippen LogP contribution is -2.40. The number of Topliss-reactive ketones (excluding diaryl/α,β-unsaturated/α-hetero) is 1. The highest BCUT2D eigenvalue weighted by Gasteiger charge is 2.28. The summed E-state index contributed by atoms with van der Waals surface area (Å²) in [6, 6.07) is 6.39. The minimum absolute atomic E-state index is 0.0446. The van der Waals surface area contributed by atoms with Crippen LogP contribution >= 0.6 is 0 Å². The minimum atomic E-state index is -3.83. The second-order valence-corrected chi connectivity index (χ2v) is 8.55. The summed E-state index contributed by atoms with van der Waals surface area (Å²) in [5.41, 5.74) is -0.148. The molecule has 0 spiro atoms. The summed E-state index contributed by atoms with van der Waals surface area (Å²) in [5.74, 6) is -3.61.